The molecule has 9 nitrogen and oxygen atoms in total. The van der Waals surface area contributed by atoms with Gasteiger partial charge in [0.15, 0.2) is 6.10 Å². The minimum atomic E-state index is -1.02. The molecule has 0 spiro atoms. The van der Waals surface area contributed by atoms with Crippen molar-refractivity contribution in [3.8, 4) is 17.6 Å². The van der Waals surface area contributed by atoms with Crippen molar-refractivity contribution in [2.75, 3.05) is 45.2 Å². The normalized spacial score (nSPS) is 17.7. The second kappa shape index (κ2) is 12.7. The fraction of sp³-hybridized carbons (Fsp3) is 0.469. The molecule has 2 aromatic rings. The van der Waals surface area contributed by atoms with Crippen molar-refractivity contribution in [2.45, 2.75) is 51.7 Å². The van der Waals surface area contributed by atoms with Crippen LogP contribution in [0.25, 0.3) is 0 Å². The topological polar surface area (TPSA) is 95.3 Å². The maximum atomic E-state index is 13.8. The van der Waals surface area contributed by atoms with Crippen LogP contribution in [-0.2, 0) is 16.0 Å². The smallest absolute Gasteiger partial charge is 0.415 e. The van der Waals surface area contributed by atoms with Gasteiger partial charge in [-0.15, -0.1) is 0 Å². The number of amides is 2. The standard InChI is InChI=1S/C32H38ClFN4O5/c1-21(36(5)6)19-41-26-16-27-25(15-24(26)33)38(30(40)43-31(2,3)4)18-28(42-27)29(39)37-13-11-32(20-35,12-14-37)17-22-7-9-23(34)10-8-22/h7-10,15-16,28H,1,11-14,17-19H2,2-6H3. The van der Waals surface area contributed by atoms with Crippen LogP contribution in [0.15, 0.2) is 48.7 Å². The molecule has 0 radical (unpaired) electrons. The fourth-order valence-electron chi connectivity index (χ4n) is 4.98. The summed E-state index contributed by atoms with van der Waals surface area (Å²) in [5.74, 6) is -0.0567. The van der Waals surface area contributed by atoms with Gasteiger partial charge in [0.05, 0.1) is 28.7 Å². The molecule has 1 fully saturated rings. The maximum absolute atomic E-state index is 13.8. The molecule has 2 aromatic carbocycles. The average molecular weight is 613 g/mol. The number of piperidine rings is 1. The number of halogens is 2. The number of hydrogen-bond acceptors (Lipinski definition) is 7. The zero-order chi connectivity index (χ0) is 31.5. The molecule has 4 rings (SSSR count). The first kappa shape index (κ1) is 32.0. The molecule has 11 heteroatoms. The third-order valence-electron chi connectivity index (χ3n) is 7.56. The van der Waals surface area contributed by atoms with E-state index in [0.717, 1.165) is 11.3 Å². The molecule has 0 aliphatic carbocycles. The number of carbonyl (C=O) groups is 2. The number of carbonyl (C=O) groups excluding carboxylic acids is 2. The Bertz CT molecular complexity index is 1410. The zero-order valence-electron chi connectivity index (χ0n) is 25.3. The van der Waals surface area contributed by atoms with Gasteiger partial charge in [-0.1, -0.05) is 30.3 Å². The largest absolute Gasteiger partial charge is 0.486 e. The number of nitrogens with zero attached hydrogens (tertiary/aromatic N) is 4. The van der Waals surface area contributed by atoms with Crippen molar-refractivity contribution in [3.63, 3.8) is 0 Å². The lowest BCUT2D eigenvalue weighted by Gasteiger charge is -2.41. The first-order valence-electron chi connectivity index (χ1n) is 14.1. The van der Waals surface area contributed by atoms with Crippen LogP contribution in [0.3, 0.4) is 0 Å². The van der Waals surface area contributed by atoms with E-state index in [9.17, 15) is 19.2 Å². The number of ether oxygens (including phenoxy) is 3. The summed E-state index contributed by atoms with van der Waals surface area (Å²) in [4.78, 5) is 31.9. The third-order valence-corrected chi connectivity index (χ3v) is 7.86. The van der Waals surface area contributed by atoms with Gasteiger partial charge in [-0.05, 0) is 63.8 Å². The van der Waals surface area contributed by atoms with Crippen LogP contribution in [0, 0.1) is 22.6 Å². The van der Waals surface area contributed by atoms with Crippen LogP contribution >= 0.6 is 11.6 Å². The molecular weight excluding hydrogens is 575 g/mol. The summed E-state index contributed by atoms with van der Waals surface area (Å²) in [5, 5.41) is 10.3. The van der Waals surface area contributed by atoms with E-state index in [2.05, 4.69) is 12.6 Å². The molecule has 2 aliphatic rings. The molecule has 2 heterocycles. The highest BCUT2D eigenvalue weighted by Gasteiger charge is 2.42. The molecule has 1 atom stereocenters. The van der Waals surface area contributed by atoms with Crippen molar-refractivity contribution < 1.29 is 28.2 Å². The zero-order valence-corrected chi connectivity index (χ0v) is 26.0. The highest BCUT2D eigenvalue weighted by atomic mass is 35.5. The Labute approximate surface area is 257 Å². The van der Waals surface area contributed by atoms with E-state index in [0.29, 0.717) is 43.8 Å². The molecule has 230 valence electrons. The summed E-state index contributed by atoms with van der Waals surface area (Å²) >= 11 is 6.53. The van der Waals surface area contributed by atoms with Crippen molar-refractivity contribution in [3.05, 3.63) is 65.1 Å². The summed E-state index contributed by atoms with van der Waals surface area (Å²) < 4.78 is 31.1. The lowest BCUT2D eigenvalue weighted by atomic mass is 9.75. The lowest BCUT2D eigenvalue weighted by molar-refractivity contribution is -0.140. The predicted octanol–water partition coefficient (Wildman–Crippen LogP) is 5.81. The van der Waals surface area contributed by atoms with Crippen LogP contribution in [0.4, 0.5) is 14.9 Å². The SMILES string of the molecule is C=C(COc1cc2c(cc1Cl)N(C(=O)OC(C)(C)C)CC(C(=O)N1CCC(C#N)(Cc3ccc(F)cc3)CC1)O2)N(C)C. The highest BCUT2D eigenvalue weighted by molar-refractivity contribution is 6.32. The number of benzene rings is 2. The fourth-order valence-corrected chi connectivity index (χ4v) is 5.20. The molecule has 2 aliphatic heterocycles. The Morgan fingerprint density at radius 3 is 2.44 bits per heavy atom. The molecular formula is C32H38ClFN4O5. The molecule has 2 amide bonds. The molecule has 0 N–H and O–H groups in total. The van der Waals surface area contributed by atoms with Gasteiger partial charge in [-0.25, -0.2) is 9.18 Å². The van der Waals surface area contributed by atoms with Crippen LogP contribution < -0.4 is 14.4 Å². The van der Waals surface area contributed by atoms with E-state index in [4.69, 9.17) is 25.8 Å². The van der Waals surface area contributed by atoms with Crippen molar-refractivity contribution >= 4 is 29.3 Å². The van der Waals surface area contributed by atoms with E-state index in [1.807, 2.05) is 19.0 Å². The number of hydrogen-bond donors (Lipinski definition) is 0. The Morgan fingerprint density at radius 2 is 1.86 bits per heavy atom. The van der Waals surface area contributed by atoms with Crippen LogP contribution in [-0.4, -0.2) is 73.8 Å². The summed E-state index contributed by atoms with van der Waals surface area (Å²) in [6.45, 7) is 10.0. The van der Waals surface area contributed by atoms with Gasteiger partial charge in [0.2, 0.25) is 0 Å². The number of nitriles is 1. The maximum Gasteiger partial charge on any atom is 0.415 e. The van der Waals surface area contributed by atoms with E-state index in [1.54, 1.807) is 49.9 Å². The Kier molecular flexibility index (Phi) is 9.45. The number of rotatable bonds is 7. The molecule has 0 saturated carbocycles. The summed E-state index contributed by atoms with van der Waals surface area (Å²) in [7, 11) is 3.70. The van der Waals surface area contributed by atoms with Crippen LogP contribution in [0.5, 0.6) is 11.5 Å². The Hall–Kier alpha value is -3.97. The van der Waals surface area contributed by atoms with Crippen molar-refractivity contribution in [1.29, 1.82) is 5.26 Å². The van der Waals surface area contributed by atoms with Gasteiger partial charge >= 0.3 is 6.09 Å². The monoisotopic (exact) mass is 612 g/mol. The van der Waals surface area contributed by atoms with Gasteiger partial charge in [-0.2, -0.15) is 5.26 Å². The van der Waals surface area contributed by atoms with Gasteiger partial charge in [0.1, 0.15) is 29.5 Å². The second-order valence-corrected chi connectivity index (χ2v) is 12.6. The Morgan fingerprint density at radius 1 is 1.21 bits per heavy atom. The molecule has 0 aromatic heterocycles. The summed E-state index contributed by atoms with van der Waals surface area (Å²) in [6, 6.07) is 11.7. The van der Waals surface area contributed by atoms with E-state index >= 15 is 0 Å². The van der Waals surface area contributed by atoms with Gasteiger partial charge in [-0.3, -0.25) is 9.69 Å². The lowest BCUT2D eigenvalue weighted by Crippen LogP contribution is -2.54. The number of fused-ring (bicyclic) bond motifs is 1. The minimum Gasteiger partial charge on any atom is -0.486 e. The third kappa shape index (κ3) is 7.71. The average Bonchev–Trinajstić information content (AvgIpc) is 2.95. The highest BCUT2D eigenvalue weighted by Crippen LogP contribution is 2.42. The summed E-state index contributed by atoms with van der Waals surface area (Å²) in [6.07, 6.45) is -0.279. The van der Waals surface area contributed by atoms with Crippen LogP contribution in [0.1, 0.15) is 39.2 Å². The quantitative estimate of drug-likeness (QED) is 0.389. The van der Waals surface area contributed by atoms with E-state index < -0.39 is 23.2 Å². The van der Waals surface area contributed by atoms with E-state index in [1.165, 1.54) is 17.0 Å². The molecule has 43 heavy (non-hydrogen) atoms. The van der Waals surface area contributed by atoms with Gasteiger partial charge in [0.25, 0.3) is 5.91 Å². The molecule has 1 saturated heterocycles. The Balaban J connectivity index is 1.54. The number of likely N-dealkylation sites (N-methyl/N-ethyl adjacent to an activating group) is 1. The molecule has 1 unspecified atom stereocenters. The van der Waals surface area contributed by atoms with Gasteiger partial charge < -0.3 is 24.0 Å². The first-order valence-corrected chi connectivity index (χ1v) is 14.5. The predicted molar refractivity (Wildman–Crippen MR) is 162 cm³/mol. The number of anilines is 1. The van der Waals surface area contributed by atoms with Gasteiger partial charge in [0, 0.05) is 38.9 Å². The van der Waals surface area contributed by atoms with Crippen molar-refractivity contribution in [1.82, 2.24) is 9.80 Å². The van der Waals surface area contributed by atoms with E-state index in [-0.39, 0.29) is 35.6 Å². The van der Waals surface area contributed by atoms with Crippen LogP contribution in [0.2, 0.25) is 5.02 Å². The van der Waals surface area contributed by atoms with Crippen molar-refractivity contribution in [2.24, 2.45) is 5.41 Å². The number of likely N-dealkylation sites (tertiary alicyclic amines) is 1. The second-order valence-electron chi connectivity index (χ2n) is 12.2. The first-order chi connectivity index (χ1) is 20.2. The minimum absolute atomic E-state index is 0.0792. The molecule has 0 bridgehead atoms. The summed E-state index contributed by atoms with van der Waals surface area (Å²) in [5.41, 5.74) is 0.511.